The fourth-order valence-electron chi connectivity index (χ4n) is 2.61. The Hall–Kier alpha value is -3.25. The van der Waals surface area contributed by atoms with E-state index in [9.17, 15) is 4.79 Å². The third-order valence-electron chi connectivity index (χ3n) is 4.01. The molecule has 0 aromatic heterocycles. The number of amides is 1. The standard InChI is InChI=1S/C24H22BrNO4/c1-2-13-30-23-12-11-18(16-22(23)25)24(27)26-19-7-6-10-21(17-19)29-15-14-28-20-8-4-3-5-9-20/h2-12,16-17H,1,13-15H2,(H,26,27). The fourth-order valence-corrected chi connectivity index (χ4v) is 3.10. The van der Waals surface area contributed by atoms with E-state index >= 15 is 0 Å². The molecule has 30 heavy (non-hydrogen) atoms. The second-order valence-corrected chi connectivity index (χ2v) is 7.09. The van der Waals surface area contributed by atoms with Gasteiger partial charge in [-0.3, -0.25) is 4.79 Å². The van der Waals surface area contributed by atoms with Crippen LogP contribution in [0, 0.1) is 0 Å². The molecule has 3 aromatic rings. The first-order valence-corrected chi connectivity index (χ1v) is 10.2. The third-order valence-corrected chi connectivity index (χ3v) is 4.63. The normalized spacial score (nSPS) is 10.2. The molecule has 0 bridgehead atoms. The van der Waals surface area contributed by atoms with Crippen LogP contribution >= 0.6 is 15.9 Å². The number of hydrogen-bond acceptors (Lipinski definition) is 4. The molecule has 6 heteroatoms. The molecule has 0 aliphatic rings. The number of carbonyl (C=O) groups is 1. The highest BCUT2D eigenvalue weighted by Gasteiger charge is 2.10. The molecule has 3 rings (SSSR count). The lowest BCUT2D eigenvalue weighted by atomic mass is 10.2. The van der Waals surface area contributed by atoms with Crippen molar-refractivity contribution in [2.45, 2.75) is 0 Å². The number of rotatable bonds is 10. The summed E-state index contributed by atoms with van der Waals surface area (Å²) in [5, 5.41) is 2.88. The van der Waals surface area contributed by atoms with Crippen LogP contribution in [0.3, 0.4) is 0 Å². The van der Waals surface area contributed by atoms with Gasteiger partial charge in [0.15, 0.2) is 0 Å². The van der Waals surface area contributed by atoms with E-state index in [1.165, 1.54) is 0 Å². The first-order valence-electron chi connectivity index (χ1n) is 9.41. The van der Waals surface area contributed by atoms with Crippen LogP contribution in [0.1, 0.15) is 10.4 Å². The molecule has 0 spiro atoms. The van der Waals surface area contributed by atoms with E-state index in [4.69, 9.17) is 14.2 Å². The molecule has 5 nitrogen and oxygen atoms in total. The number of hydrogen-bond donors (Lipinski definition) is 1. The Morgan fingerprint density at radius 2 is 1.63 bits per heavy atom. The summed E-state index contributed by atoms with van der Waals surface area (Å²) in [4.78, 5) is 12.6. The minimum atomic E-state index is -0.226. The van der Waals surface area contributed by atoms with Crippen molar-refractivity contribution in [3.05, 3.63) is 95.5 Å². The average Bonchev–Trinajstić information content (AvgIpc) is 2.77. The van der Waals surface area contributed by atoms with Crippen LogP contribution in [0.4, 0.5) is 5.69 Å². The highest BCUT2D eigenvalue weighted by molar-refractivity contribution is 9.10. The third kappa shape index (κ3) is 6.39. The van der Waals surface area contributed by atoms with Gasteiger partial charge < -0.3 is 19.5 Å². The largest absolute Gasteiger partial charge is 0.490 e. The first kappa shape index (κ1) is 21.5. The summed E-state index contributed by atoms with van der Waals surface area (Å²) in [7, 11) is 0. The summed E-state index contributed by atoms with van der Waals surface area (Å²) < 4.78 is 17.5. The van der Waals surface area contributed by atoms with E-state index in [-0.39, 0.29) is 5.91 Å². The van der Waals surface area contributed by atoms with Crippen molar-refractivity contribution in [1.82, 2.24) is 0 Å². The smallest absolute Gasteiger partial charge is 0.255 e. The van der Waals surface area contributed by atoms with E-state index in [1.807, 2.05) is 48.5 Å². The van der Waals surface area contributed by atoms with E-state index in [1.54, 1.807) is 30.3 Å². The van der Waals surface area contributed by atoms with Crippen LogP contribution in [0.2, 0.25) is 0 Å². The van der Waals surface area contributed by atoms with Crippen LogP contribution in [-0.2, 0) is 0 Å². The van der Waals surface area contributed by atoms with Gasteiger partial charge in [-0.05, 0) is 58.4 Å². The molecule has 3 aromatic carbocycles. The zero-order chi connectivity index (χ0) is 21.2. The van der Waals surface area contributed by atoms with Crippen molar-refractivity contribution in [3.63, 3.8) is 0 Å². The monoisotopic (exact) mass is 467 g/mol. The lowest BCUT2D eigenvalue weighted by Crippen LogP contribution is -2.12. The highest BCUT2D eigenvalue weighted by atomic mass is 79.9. The lowest BCUT2D eigenvalue weighted by molar-refractivity contribution is 0.102. The number of halogens is 1. The summed E-state index contributed by atoms with van der Waals surface area (Å²) in [6.07, 6.45) is 1.66. The van der Waals surface area contributed by atoms with Crippen LogP contribution in [-0.4, -0.2) is 25.7 Å². The summed E-state index contributed by atoms with van der Waals surface area (Å²) in [5.41, 5.74) is 1.15. The molecule has 1 N–H and O–H groups in total. The molecular formula is C24H22BrNO4. The molecule has 0 aliphatic carbocycles. The van der Waals surface area contributed by atoms with E-state index in [2.05, 4.69) is 27.8 Å². The van der Waals surface area contributed by atoms with Crippen LogP contribution in [0.5, 0.6) is 17.2 Å². The molecule has 0 aliphatic heterocycles. The highest BCUT2D eigenvalue weighted by Crippen LogP contribution is 2.27. The molecule has 0 unspecified atom stereocenters. The fraction of sp³-hybridized carbons (Fsp3) is 0.125. The van der Waals surface area contributed by atoms with Gasteiger partial charge >= 0.3 is 0 Å². The van der Waals surface area contributed by atoms with Crippen molar-refractivity contribution in [2.24, 2.45) is 0 Å². The molecule has 1 amide bonds. The number of benzene rings is 3. The molecule has 154 valence electrons. The van der Waals surface area contributed by atoms with Gasteiger partial charge in [-0.1, -0.05) is 36.9 Å². The maximum absolute atomic E-state index is 12.6. The van der Waals surface area contributed by atoms with Gasteiger partial charge in [0.1, 0.15) is 37.1 Å². The van der Waals surface area contributed by atoms with Gasteiger partial charge in [-0.15, -0.1) is 0 Å². The number of para-hydroxylation sites is 1. The minimum Gasteiger partial charge on any atom is -0.490 e. The maximum Gasteiger partial charge on any atom is 0.255 e. The molecule has 0 heterocycles. The Balaban J connectivity index is 1.53. The maximum atomic E-state index is 12.6. The summed E-state index contributed by atoms with van der Waals surface area (Å²) in [6.45, 7) is 4.84. The minimum absolute atomic E-state index is 0.226. The zero-order valence-electron chi connectivity index (χ0n) is 16.3. The van der Waals surface area contributed by atoms with Crippen LogP contribution in [0.15, 0.2) is 89.9 Å². The van der Waals surface area contributed by atoms with E-state index < -0.39 is 0 Å². The lowest BCUT2D eigenvalue weighted by Gasteiger charge is -2.11. The van der Waals surface area contributed by atoms with Gasteiger partial charge in [0.05, 0.1) is 4.47 Å². The Bertz CT molecular complexity index is 992. The van der Waals surface area contributed by atoms with E-state index in [0.29, 0.717) is 47.0 Å². The van der Waals surface area contributed by atoms with Crippen LogP contribution < -0.4 is 19.5 Å². The molecule has 0 saturated heterocycles. The Morgan fingerprint density at radius 3 is 2.37 bits per heavy atom. The Kier molecular flexibility index (Phi) is 7.92. The summed E-state index contributed by atoms with van der Waals surface area (Å²) in [5.74, 6) is 1.88. The molecular weight excluding hydrogens is 446 g/mol. The van der Waals surface area contributed by atoms with Crippen LogP contribution in [0.25, 0.3) is 0 Å². The Labute approximate surface area is 184 Å². The average molecular weight is 468 g/mol. The Morgan fingerprint density at radius 1 is 0.900 bits per heavy atom. The van der Waals surface area contributed by atoms with Gasteiger partial charge in [0.25, 0.3) is 5.91 Å². The van der Waals surface area contributed by atoms with Crippen molar-refractivity contribution in [1.29, 1.82) is 0 Å². The number of nitrogens with one attached hydrogen (secondary N) is 1. The predicted molar refractivity (Wildman–Crippen MR) is 122 cm³/mol. The summed E-state index contributed by atoms with van der Waals surface area (Å²) >= 11 is 3.42. The first-order chi connectivity index (χ1) is 14.7. The predicted octanol–water partition coefficient (Wildman–Crippen LogP) is 5.72. The quantitative estimate of drug-likeness (QED) is 0.305. The van der Waals surface area contributed by atoms with Crippen molar-refractivity contribution >= 4 is 27.5 Å². The SMILES string of the molecule is C=CCOc1ccc(C(=O)Nc2cccc(OCCOc3ccccc3)c2)cc1Br. The van der Waals surface area contributed by atoms with Gasteiger partial charge in [0, 0.05) is 17.3 Å². The number of carbonyl (C=O) groups excluding carboxylic acids is 1. The second-order valence-electron chi connectivity index (χ2n) is 6.24. The van der Waals surface area contributed by atoms with Crippen molar-refractivity contribution in [2.75, 3.05) is 25.1 Å². The molecule has 0 fully saturated rings. The zero-order valence-corrected chi connectivity index (χ0v) is 17.9. The van der Waals surface area contributed by atoms with Crippen molar-refractivity contribution in [3.8, 4) is 17.2 Å². The second kappa shape index (κ2) is 11.1. The van der Waals surface area contributed by atoms with Gasteiger partial charge in [-0.2, -0.15) is 0 Å². The van der Waals surface area contributed by atoms with Gasteiger partial charge in [0.2, 0.25) is 0 Å². The number of ether oxygens (including phenoxy) is 3. The topological polar surface area (TPSA) is 56.8 Å². The summed E-state index contributed by atoms with van der Waals surface area (Å²) in [6, 6.07) is 22.0. The molecule has 0 radical (unpaired) electrons. The molecule has 0 saturated carbocycles. The van der Waals surface area contributed by atoms with Gasteiger partial charge in [-0.25, -0.2) is 0 Å². The number of anilines is 1. The molecule has 0 atom stereocenters. The van der Waals surface area contributed by atoms with Crippen molar-refractivity contribution < 1.29 is 19.0 Å². The van der Waals surface area contributed by atoms with E-state index in [0.717, 1.165) is 5.75 Å².